The third kappa shape index (κ3) is 3.80. The Morgan fingerprint density at radius 1 is 1.43 bits per heavy atom. The number of amides is 1. The Morgan fingerprint density at radius 2 is 2.11 bits per heavy atom. The Labute approximate surface area is 168 Å². The van der Waals surface area contributed by atoms with Crippen molar-refractivity contribution in [2.75, 3.05) is 23.7 Å². The molecule has 0 unspecified atom stereocenters. The molecule has 2 aromatic rings. The van der Waals surface area contributed by atoms with Crippen molar-refractivity contribution >= 4 is 33.5 Å². The summed E-state index contributed by atoms with van der Waals surface area (Å²) in [5, 5.41) is 19.3. The van der Waals surface area contributed by atoms with Gasteiger partial charge in [0.05, 0.1) is 15.7 Å². The van der Waals surface area contributed by atoms with E-state index in [4.69, 9.17) is 21.5 Å². The van der Waals surface area contributed by atoms with Gasteiger partial charge in [-0.05, 0) is 28.1 Å². The average molecular weight is 450 g/mol. The van der Waals surface area contributed by atoms with E-state index in [1.807, 2.05) is 4.90 Å². The molecule has 1 amide bonds. The van der Waals surface area contributed by atoms with Crippen LogP contribution in [-0.2, 0) is 4.74 Å². The number of hydrogen-bond donors (Lipinski definition) is 3. The molecule has 0 atom stereocenters. The third-order valence-electron chi connectivity index (χ3n) is 4.52. The van der Waals surface area contributed by atoms with Crippen molar-refractivity contribution in [2.24, 2.45) is 5.73 Å². The van der Waals surface area contributed by atoms with Crippen LogP contribution < -0.4 is 16.4 Å². The molecule has 0 aliphatic carbocycles. The van der Waals surface area contributed by atoms with Gasteiger partial charge in [0, 0.05) is 31.5 Å². The van der Waals surface area contributed by atoms with Gasteiger partial charge in [-0.15, -0.1) is 0 Å². The number of benzene rings is 1. The first-order valence-corrected chi connectivity index (χ1v) is 9.20. The molecule has 1 aromatic carbocycles. The van der Waals surface area contributed by atoms with Crippen molar-refractivity contribution in [3.63, 3.8) is 0 Å². The van der Waals surface area contributed by atoms with E-state index in [-0.39, 0.29) is 27.6 Å². The first-order valence-electron chi connectivity index (χ1n) is 8.40. The van der Waals surface area contributed by atoms with Crippen molar-refractivity contribution in [2.45, 2.75) is 18.9 Å². The van der Waals surface area contributed by atoms with Crippen LogP contribution in [0.1, 0.15) is 18.4 Å². The lowest BCUT2D eigenvalue weighted by Crippen LogP contribution is -2.39. The van der Waals surface area contributed by atoms with Gasteiger partial charge >= 0.3 is 6.09 Å². The summed E-state index contributed by atoms with van der Waals surface area (Å²) in [4.78, 5) is 17.3. The van der Waals surface area contributed by atoms with Crippen molar-refractivity contribution in [3.8, 4) is 23.1 Å². The summed E-state index contributed by atoms with van der Waals surface area (Å²) < 4.78 is 19.3. The van der Waals surface area contributed by atoms with E-state index >= 15 is 0 Å². The molecule has 3 rings (SSSR count). The second-order valence-electron chi connectivity index (χ2n) is 6.29. The lowest BCUT2D eigenvalue weighted by Gasteiger charge is -2.33. The van der Waals surface area contributed by atoms with Crippen LogP contribution in [-0.4, -0.2) is 35.4 Å². The Morgan fingerprint density at radius 3 is 2.68 bits per heavy atom. The number of primary amides is 1. The Balaban J connectivity index is 1.95. The highest BCUT2D eigenvalue weighted by molar-refractivity contribution is 9.10. The van der Waals surface area contributed by atoms with Gasteiger partial charge in [0.25, 0.3) is 0 Å². The van der Waals surface area contributed by atoms with E-state index < -0.39 is 11.9 Å². The SMILES string of the molecule is N#Cc1ccc(-c2nc(N3CCC(OC(N)=O)CC3)c(N)c(O)c2Br)cc1F. The zero-order chi connectivity index (χ0) is 20.4. The van der Waals surface area contributed by atoms with E-state index in [1.165, 1.54) is 12.1 Å². The second-order valence-corrected chi connectivity index (χ2v) is 7.08. The predicted octanol–water partition coefficient (Wildman–Crippen LogP) is 2.87. The fourth-order valence-electron chi connectivity index (χ4n) is 3.09. The van der Waals surface area contributed by atoms with Gasteiger partial charge in [0.1, 0.15) is 23.7 Å². The van der Waals surface area contributed by atoms with Crippen LogP contribution in [0.2, 0.25) is 0 Å². The highest BCUT2D eigenvalue weighted by atomic mass is 79.9. The molecule has 146 valence electrons. The molecule has 2 heterocycles. The molecule has 10 heteroatoms. The highest BCUT2D eigenvalue weighted by Gasteiger charge is 2.26. The minimum atomic E-state index is -0.817. The first-order chi connectivity index (χ1) is 13.3. The lowest BCUT2D eigenvalue weighted by atomic mass is 10.1. The highest BCUT2D eigenvalue weighted by Crippen LogP contribution is 2.43. The zero-order valence-corrected chi connectivity index (χ0v) is 16.2. The van der Waals surface area contributed by atoms with Crippen LogP contribution in [0.25, 0.3) is 11.3 Å². The molecule has 0 saturated carbocycles. The van der Waals surface area contributed by atoms with Gasteiger partial charge in [-0.25, -0.2) is 14.2 Å². The van der Waals surface area contributed by atoms with E-state index in [0.717, 1.165) is 0 Å². The Hall–Kier alpha value is -3.06. The maximum atomic E-state index is 14.0. The van der Waals surface area contributed by atoms with Crippen LogP contribution >= 0.6 is 15.9 Å². The second kappa shape index (κ2) is 7.90. The average Bonchev–Trinajstić information content (AvgIpc) is 2.67. The number of aromatic nitrogens is 1. The molecule has 1 aliphatic heterocycles. The predicted molar refractivity (Wildman–Crippen MR) is 104 cm³/mol. The first kappa shape index (κ1) is 19.7. The maximum Gasteiger partial charge on any atom is 0.404 e. The molecule has 1 fully saturated rings. The smallest absolute Gasteiger partial charge is 0.404 e. The molecule has 28 heavy (non-hydrogen) atoms. The molecular weight excluding hydrogens is 433 g/mol. The van der Waals surface area contributed by atoms with Gasteiger partial charge < -0.3 is 26.2 Å². The number of piperidine rings is 1. The number of anilines is 2. The number of nitrogens with zero attached hydrogens (tertiary/aromatic N) is 3. The summed E-state index contributed by atoms with van der Waals surface area (Å²) >= 11 is 3.25. The summed E-state index contributed by atoms with van der Waals surface area (Å²) in [5.41, 5.74) is 11.8. The topological polar surface area (TPSA) is 138 Å². The molecule has 5 N–H and O–H groups in total. The molecule has 0 radical (unpaired) electrons. The van der Waals surface area contributed by atoms with E-state index in [2.05, 4.69) is 20.9 Å². The summed E-state index contributed by atoms with van der Waals surface area (Å²) in [6.07, 6.45) is -0.0442. The molecule has 0 bridgehead atoms. The molecule has 1 saturated heterocycles. The van der Waals surface area contributed by atoms with Crippen molar-refractivity contribution in [3.05, 3.63) is 34.1 Å². The molecule has 0 spiro atoms. The van der Waals surface area contributed by atoms with Crippen LogP contribution in [0, 0.1) is 17.1 Å². The molecule has 1 aromatic heterocycles. The normalized spacial score (nSPS) is 14.5. The number of nitrogen functional groups attached to an aromatic ring is 1. The number of aromatic hydroxyl groups is 1. The number of carbonyl (C=O) groups excluding carboxylic acids is 1. The van der Waals surface area contributed by atoms with Gasteiger partial charge in [0.2, 0.25) is 0 Å². The lowest BCUT2D eigenvalue weighted by molar-refractivity contribution is 0.0912. The number of ether oxygens (including phenoxy) is 1. The van der Waals surface area contributed by atoms with Gasteiger partial charge in [0.15, 0.2) is 11.6 Å². The minimum absolute atomic E-state index is 0.0824. The zero-order valence-electron chi connectivity index (χ0n) is 14.7. The van der Waals surface area contributed by atoms with Crippen molar-refractivity contribution in [1.29, 1.82) is 5.26 Å². The summed E-state index contributed by atoms with van der Waals surface area (Å²) in [7, 11) is 0. The van der Waals surface area contributed by atoms with Crippen LogP contribution in [0.5, 0.6) is 5.75 Å². The number of halogens is 2. The van der Waals surface area contributed by atoms with Gasteiger partial charge in [-0.1, -0.05) is 6.07 Å². The van der Waals surface area contributed by atoms with E-state index in [0.29, 0.717) is 43.0 Å². The molecule has 8 nitrogen and oxygen atoms in total. The number of pyridine rings is 1. The number of nitriles is 1. The summed E-state index contributed by atoms with van der Waals surface area (Å²) in [6.45, 7) is 0.967. The fourth-order valence-corrected chi connectivity index (χ4v) is 3.62. The maximum absolute atomic E-state index is 14.0. The quantitative estimate of drug-likeness (QED) is 0.654. The molecular formula is C18H17BrFN5O3. The number of hydrogen-bond acceptors (Lipinski definition) is 7. The van der Waals surface area contributed by atoms with Crippen LogP contribution in [0.4, 0.5) is 20.7 Å². The number of nitrogens with two attached hydrogens (primary N) is 2. The van der Waals surface area contributed by atoms with Gasteiger partial charge in [-0.3, -0.25) is 0 Å². The number of rotatable bonds is 3. The minimum Gasteiger partial charge on any atom is -0.504 e. The summed E-state index contributed by atoms with van der Waals surface area (Å²) in [6, 6.07) is 5.83. The number of carbonyl (C=O) groups is 1. The van der Waals surface area contributed by atoms with Gasteiger partial charge in [-0.2, -0.15) is 5.26 Å². The van der Waals surface area contributed by atoms with E-state index in [1.54, 1.807) is 12.1 Å². The summed E-state index contributed by atoms with van der Waals surface area (Å²) in [5.74, 6) is -0.547. The monoisotopic (exact) mass is 449 g/mol. The van der Waals surface area contributed by atoms with Crippen LogP contribution in [0.15, 0.2) is 22.7 Å². The standard InChI is InChI=1S/C18H17BrFN5O3/c19-13-15(9-1-2-10(8-21)12(20)7-9)24-17(14(22)16(13)26)25-5-3-11(4-6-25)28-18(23)27/h1-2,7,11H,3-6,22H2,(H2,23,27)(H,24,26). The largest absolute Gasteiger partial charge is 0.504 e. The fraction of sp³-hybridized carbons (Fsp3) is 0.278. The van der Waals surface area contributed by atoms with Crippen molar-refractivity contribution in [1.82, 2.24) is 4.98 Å². The Kier molecular flexibility index (Phi) is 5.56. The Bertz CT molecular complexity index is 971. The van der Waals surface area contributed by atoms with Crippen LogP contribution in [0.3, 0.4) is 0 Å². The molecule has 1 aliphatic rings. The third-order valence-corrected chi connectivity index (χ3v) is 5.27. The van der Waals surface area contributed by atoms with Crippen molar-refractivity contribution < 1.29 is 19.0 Å². The van der Waals surface area contributed by atoms with E-state index in [9.17, 15) is 14.3 Å².